The summed E-state index contributed by atoms with van der Waals surface area (Å²) in [6, 6.07) is 32.9. The molecule has 0 saturated heterocycles. The number of aromatic carboxylic acids is 2. The minimum absolute atomic E-state index is 0.0319. The molecule has 0 spiro atoms. The van der Waals surface area contributed by atoms with Crippen LogP contribution in [-0.4, -0.2) is 42.1 Å². The van der Waals surface area contributed by atoms with Crippen LogP contribution in [-0.2, 0) is 0 Å². The van der Waals surface area contributed by atoms with Gasteiger partial charge >= 0.3 is 11.9 Å². The third kappa shape index (κ3) is 5.05. The fraction of sp³-hybridized carbons (Fsp3) is 0. The molecule has 8 heteroatoms. The van der Waals surface area contributed by atoms with Gasteiger partial charge in [-0.2, -0.15) is 0 Å². The van der Waals surface area contributed by atoms with Crippen LogP contribution in [0.1, 0.15) is 21.0 Å². The van der Waals surface area contributed by atoms with E-state index in [0.29, 0.717) is 33.5 Å². The van der Waals surface area contributed by atoms with E-state index in [0.717, 1.165) is 11.1 Å². The zero-order valence-corrected chi connectivity index (χ0v) is 19.9. The van der Waals surface area contributed by atoms with Crippen molar-refractivity contribution in [2.24, 2.45) is 0 Å². The maximum absolute atomic E-state index is 11.3. The summed E-state index contributed by atoms with van der Waals surface area (Å²) in [4.78, 5) is 39.8. The van der Waals surface area contributed by atoms with Gasteiger partial charge < -0.3 is 10.2 Å². The van der Waals surface area contributed by atoms with Gasteiger partial charge in [0.15, 0.2) is 23.0 Å². The quantitative estimate of drug-likeness (QED) is 0.302. The maximum Gasteiger partial charge on any atom is 0.355 e. The molecule has 0 radical (unpaired) electrons. The van der Waals surface area contributed by atoms with Gasteiger partial charge in [0, 0.05) is 21.9 Å². The molecule has 0 fully saturated rings. The Morgan fingerprint density at radius 2 is 0.789 bits per heavy atom. The summed E-state index contributed by atoms with van der Waals surface area (Å²) in [5.41, 5.74) is 2.93. The second-order valence-electron chi connectivity index (χ2n) is 8.17. The van der Waals surface area contributed by atoms with Crippen LogP contribution in [0.4, 0.5) is 0 Å². The molecule has 0 atom stereocenters. The Kier molecular flexibility index (Phi) is 6.77. The van der Waals surface area contributed by atoms with Crippen LogP contribution in [0.5, 0.6) is 0 Å². The predicted octanol–water partition coefficient (Wildman–Crippen LogP) is 5.99. The van der Waals surface area contributed by atoms with Crippen molar-refractivity contribution in [2.75, 3.05) is 0 Å². The number of carbonyl (C=O) groups is 2. The lowest BCUT2D eigenvalue weighted by Crippen LogP contribution is -2.04. The van der Waals surface area contributed by atoms with Gasteiger partial charge in [-0.05, 0) is 12.1 Å². The third-order valence-electron chi connectivity index (χ3n) is 5.68. The number of hydrogen-bond donors (Lipinski definition) is 2. The summed E-state index contributed by atoms with van der Waals surface area (Å²) in [7, 11) is 0. The van der Waals surface area contributed by atoms with E-state index in [-0.39, 0.29) is 11.4 Å². The predicted molar refractivity (Wildman–Crippen MR) is 144 cm³/mol. The number of carboxylic acid groups (broad SMARTS) is 2. The van der Waals surface area contributed by atoms with Gasteiger partial charge in [0.05, 0.1) is 11.0 Å². The molecular formula is C30H20N4O4. The van der Waals surface area contributed by atoms with Crippen LogP contribution in [0.15, 0.2) is 109 Å². The molecule has 0 unspecified atom stereocenters. The van der Waals surface area contributed by atoms with E-state index in [1.54, 1.807) is 36.4 Å². The van der Waals surface area contributed by atoms with Crippen molar-refractivity contribution in [1.82, 2.24) is 19.9 Å². The fourth-order valence-electron chi connectivity index (χ4n) is 3.91. The minimum atomic E-state index is -1.05. The van der Waals surface area contributed by atoms with E-state index >= 15 is 0 Å². The Balaban J connectivity index is 0.000000155. The number of nitrogens with zero attached hydrogens (tertiary/aromatic N) is 4. The average Bonchev–Trinajstić information content (AvgIpc) is 2.97. The number of hydrogen-bond acceptors (Lipinski definition) is 6. The third-order valence-corrected chi connectivity index (χ3v) is 5.68. The zero-order valence-electron chi connectivity index (χ0n) is 19.9. The van der Waals surface area contributed by atoms with Gasteiger partial charge in [-0.3, -0.25) is 0 Å². The normalized spacial score (nSPS) is 10.5. The summed E-state index contributed by atoms with van der Waals surface area (Å²) >= 11 is 0. The lowest BCUT2D eigenvalue weighted by molar-refractivity contribution is 0.0682. The van der Waals surface area contributed by atoms with Gasteiger partial charge in [0.2, 0.25) is 0 Å². The summed E-state index contributed by atoms with van der Waals surface area (Å²) in [5.74, 6) is -1.24. The molecule has 0 saturated carbocycles. The monoisotopic (exact) mass is 500 g/mol. The van der Waals surface area contributed by atoms with Gasteiger partial charge in [0.1, 0.15) is 0 Å². The van der Waals surface area contributed by atoms with Crippen LogP contribution < -0.4 is 0 Å². The first kappa shape index (κ1) is 24.2. The summed E-state index contributed by atoms with van der Waals surface area (Å²) in [6.07, 6.45) is 0. The first-order chi connectivity index (χ1) is 18.5. The number of benzene rings is 4. The molecule has 8 nitrogen and oxygen atoms in total. The largest absolute Gasteiger partial charge is 0.476 e. The molecule has 6 aromatic rings. The highest BCUT2D eigenvalue weighted by Crippen LogP contribution is 2.22. The van der Waals surface area contributed by atoms with Gasteiger partial charge in [0.25, 0.3) is 0 Å². The molecule has 2 heterocycles. The standard InChI is InChI=1S/2C15H10N2O2/c2*18-15(19)13-11-8-4-5-9-12(11)16-14(17-13)10-6-2-1-3-7-10/h2*1-9H,(H,18,19). The van der Waals surface area contributed by atoms with E-state index in [1.807, 2.05) is 72.8 Å². The summed E-state index contributed by atoms with van der Waals surface area (Å²) in [5, 5.41) is 19.6. The summed E-state index contributed by atoms with van der Waals surface area (Å²) in [6.45, 7) is 0. The Hall–Kier alpha value is -5.50. The van der Waals surface area contributed by atoms with Gasteiger partial charge in [-0.1, -0.05) is 97.1 Å². The molecule has 2 aromatic heterocycles. The molecule has 6 rings (SSSR count). The molecule has 184 valence electrons. The highest BCUT2D eigenvalue weighted by Gasteiger charge is 2.15. The van der Waals surface area contributed by atoms with E-state index in [4.69, 9.17) is 0 Å². The fourth-order valence-corrected chi connectivity index (χ4v) is 3.91. The van der Waals surface area contributed by atoms with Crippen molar-refractivity contribution >= 4 is 33.7 Å². The molecule has 4 aromatic carbocycles. The molecule has 0 aliphatic heterocycles. The molecule has 38 heavy (non-hydrogen) atoms. The number of carboxylic acids is 2. The number of rotatable bonds is 4. The first-order valence-electron chi connectivity index (χ1n) is 11.6. The topological polar surface area (TPSA) is 126 Å². The number of para-hydroxylation sites is 2. The van der Waals surface area contributed by atoms with Gasteiger partial charge in [-0.15, -0.1) is 0 Å². The van der Waals surface area contributed by atoms with Crippen molar-refractivity contribution in [3.8, 4) is 22.8 Å². The second kappa shape index (κ2) is 10.6. The second-order valence-corrected chi connectivity index (χ2v) is 8.17. The Bertz CT molecular complexity index is 1640. The zero-order chi connectivity index (χ0) is 26.5. The molecule has 0 amide bonds. The lowest BCUT2D eigenvalue weighted by Gasteiger charge is -2.05. The van der Waals surface area contributed by atoms with E-state index < -0.39 is 11.9 Å². The van der Waals surface area contributed by atoms with Crippen molar-refractivity contribution in [2.45, 2.75) is 0 Å². The maximum atomic E-state index is 11.3. The highest BCUT2D eigenvalue weighted by atomic mass is 16.4. The smallest absolute Gasteiger partial charge is 0.355 e. The number of aromatic nitrogens is 4. The Morgan fingerprint density at radius 1 is 0.447 bits per heavy atom. The first-order valence-corrected chi connectivity index (χ1v) is 11.6. The highest BCUT2D eigenvalue weighted by molar-refractivity contribution is 6.02. The van der Waals surface area contributed by atoms with Crippen LogP contribution in [0.3, 0.4) is 0 Å². The Labute approximate surface area is 216 Å². The van der Waals surface area contributed by atoms with E-state index in [9.17, 15) is 19.8 Å². The lowest BCUT2D eigenvalue weighted by atomic mass is 10.1. The van der Waals surface area contributed by atoms with Crippen molar-refractivity contribution in [3.63, 3.8) is 0 Å². The molecule has 0 aliphatic rings. The van der Waals surface area contributed by atoms with E-state index in [1.165, 1.54) is 0 Å². The van der Waals surface area contributed by atoms with Gasteiger partial charge in [-0.25, -0.2) is 29.5 Å². The van der Waals surface area contributed by atoms with Crippen molar-refractivity contribution < 1.29 is 19.8 Å². The van der Waals surface area contributed by atoms with Crippen LogP contribution >= 0.6 is 0 Å². The SMILES string of the molecule is O=C(O)c1nc(-c2ccccc2)nc2ccccc12.O=C(O)c1nc(-c2ccccc2)nc2ccccc12. The molecule has 0 aliphatic carbocycles. The van der Waals surface area contributed by atoms with Crippen molar-refractivity contribution in [3.05, 3.63) is 121 Å². The molecular weight excluding hydrogens is 480 g/mol. The van der Waals surface area contributed by atoms with Crippen LogP contribution in [0.2, 0.25) is 0 Å². The average molecular weight is 501 g/mol. The molecule has 0 bridgehead atoms. The van der Waals surface area contributed by atoms with Crippen LogP contribution in [0.25, 0.3) is 44.6 Å². The minimum Gasteiger partial charge on any atom is -0.476 e. The molecule has 2 N–H and O–H groups in total. The van der Waals surface area contributed by atoms with E-state index in [2.05, 4.69) is 19.9 Å². The van der Waals surface area contributed by atoms with Crippen LogP contribution in [0, 0.1) is 0 Å². The Morgan fingerprint density at radius 3 is 1.16 bits per heavy atom. The number of fused-ring (bicyclic) bond motifs is 2. The summed E-state index contributed by atoms with van der Waals surface area (Å²) < 4.78 is 0. The van der Waals surface area contributed by atoms with Crippen molar-refractivity contribution in [1.29, 1.82) is 0 Å².